The van der Waals surface area contributed by atoms with Crippen molar-refractivity contribution in [2.45, 2.75) is 63.3 Å². The van der Waals surface area contributed by atoms with E-state index in [4.69, 9.17) is 9.47 Å². The number of hydrogen-bond acceptors (Lipinski definition) is 5. The fourth-order valence-electron chi connectivity index (χ4n) is 5.64. The molecule has 0 saturated carbocycles. The first-order valence-corrected chi connectivity index (χ1v) is 18.1. The number of aliphatic imine (C=N–C) groups is 1. The van der Waals surface area contributed by atoms with E-state index < -0.39 is 26.0 Å². The predicted molar refractivity (Wildman–Crippen MR) is 180 cm³/mol. The zero-order chi connectivity index (χ0) is 32.5. The Hall–Kier alpha value is -4.70. The minimum Gasteiger partial charge on any atom is -0.410 e. The number of ether oxygens (including phenoxy) is 2. The molecule has 1 aliphatic rings. The lowest BCUT2D eigenvalue weighted by Crippen LogP contribution is -2.72. The number of carbonyl (C=O) groups is 3. The van der Waals surface area contributed by atoms with Crippen LogP contribution in [-0.2, 0) is 4.79 Å². The molecule has 45 heavy (non-hydrogen) atoms. The molecule has 4 rings (SSSR count). The SMILES string of the molecule is C[SiH](C)[C@@]1(CCCN/C(=N\C(=O)Oc2ccccc2)NC(=O)Oc2ccccc2)C(=O)N(C(C)(C)C)[C@H]1/C=C/c1ccccc1. The van der Waals surface area contributed by atoms with Crippen molar-refractivity contribution in [3.8, 4) is 11.5 Å². The number of nitrogens with one attached hydrogen (secondary N) is 2. The highest BCUT2D eigenvalue weighted by atomic mass is 28.3. The maximum Gasteiger partial charge on any atom is 0.442 e. The summed E-state index contributed by atoms with van der Waals surface area (Å²) in [5, 5.41) is 5.10. The summed E-state index contributed by atoms with van der Waals surface area (Å²) < 4.78 is 10.6. The van der Waals surface area contributed by atoms with Crippen LogP contribution in [0.15, 0.2) is 102 Å². The molecule has 2 atom stereocenters. The predicted octanol–water partition coefficient (Wildman–Crippen LogP) is 6.65. The van der Waals surface area contributed by atoms with Crippen LogP contribution < -0.4 is 20.1 Å². The molecule has 10 heteroatoms. The molecule has 1 heterocycles. The number of likely N-dealkylation sites (tertiary alicyclic amines) is 1. The molecular weight excluding hydrogens is 584 g/mol. The topological polar surface area (TPSA) is 109 Å². The standard InChI is InChI=1S/C35H42N4O5Si/c1-34(2,3)39-29(23-22-26-16-9-6-10-17-26)35(30(39)40,45(4)5)24-15-25-36-31(37-32(41)43-27-18-11-7-12-19-27)38-33(42)44-28-20-13-8-14-21-28/h6-14,16-23,29,45H,15,24-25H2,1-5H3,(H2,36,37,38,41,42)/b23-22+/t29-,35+/m0/s1. The largest absolute Gasteiger partial charge is 0.442 e. The fraction of sp³-hybridized carbons (Fsp3) is 0.314. The molecule has 0 aromatic heterocycles. The number of amides is 3. The number of benzene rings is 3. The minimum absolute atomic E-state index is 0.0372. The van der Waals surface area contributed by atoms with Crippen molar-refractivity contribution in [1.82, 2.24) is 15.5 Å². The third-order valence-electron chi connectivity index (χ3n) is 7.83. The van der Waals surface area contributed by atoms with Crippen LogP contribution in [0.25, 0.3) is 6.08 Å². The number of rotatable bonds is 9. The zero-order valence-corrected chi connectivity index (χ0v) is 27.7. The highest BCUT2D eigenvalue weighted by molar-refractivity contribution is 6.65. The molecule has 3 aromatic carbocycles. The van der Waals surface area contributed by atoms with Gasteiger partial charge in [-0.05, 0) is 63.4 Å². The van der Waals surface area contributed by atoms with Gasteiger partial charge in [0.15, 0.2) is 0 Å². The van der Waals surface area contributed by atoms with Crippen LogP contribution in [0.3, 0.4) is 0 Å². The number of guanidine groups is 1. The van der Waals surface area contributed by atoms with Gasteiger partial charge in [0.1, 0.15) is 11.5 Å². The Morgan fingerprint density at radius 3 is 2.02 bits per heavy atom. The van der Waals surface area contributed by atoms with E-state index >= 15 is 0 Å². The quantitative estimate of drug-likeness (QED) is 0.0905. The monoisotopic (exact) mass is 626 g/mol. The van der Waals surface area contributed by atoms with Crippen LogP contribution in [-0.4, -0.2) is 55.9 Å². The summed E-state index contributed by atoms with van der Waals surface area (Å²) in [5.41, 5.74) is 0.763. The molecule has 0 aliphatic carbocycles. The van der Waals surface area contributed by atoms with E-state index in [-0.39, 0.29) is 23.4 Å². The van der Waals surface area contributed by atoms with Crippen LogP contribution in [0, 0.1) is 0 Å². The van der Waals surface area contributed by atoms with E-state index in [2.05, 4.69) is 73.8 Å². The van der Waals surface area contributed by atoms with E-state index in [1.807, 2.05) is 23.1 Å². The smallest absolute Gasteiger partial charge is 0.410 e. The van der Waals surface area contributed by atoms with Gasteiger partial charge in [0, 0.05) is 12.1 Å². The first-order chi connectivity index (χ1) is 21.5. The van der Waals surface area contributed by atoms with Crippen molar-refractivity contribution in [2.24, 2.45) is 4.99 Å². The van der Waals surface area contributed by atoms with Gasteiger partial charge in [0.2, 0.25) is 11.9 Å². The number of hydrogen-bond donors (Lipinski definition) is 2. The van der Waals surface area contributed by atoms with Crippen LogP contribution >= 0.6 is 0 Å². The summed E-state index contributed by atoms with van der Waals surface area (Å²) in [5.74, 6) is 0.739. The van der Waals surface area contributed by atoms with Crippen LogP contribution in [0.2, 0.25) is 18.1 Å². The van der Waals surface area contributed by atoms with Crippen molar-refractivity contribution in [3.05, 3.63) is 103 Å². The van der Waals surface area contributed by atoms with Crippen molar-refractivity contribution in [2.75, 3.05) is 6.54 Å². The number of β-lactam (4-membered cyclic amide) rings is 1. The van der Waals surface area contributed by atoms with Gasteiger partial charge in [-0.2, -0.15) is 0 Å². The Morgan fingerprint density at radius 2 is 1.47 bits per heavy atom. The van der Waals surface area contributed by atoms with Gasteiger partial charge in [-0.15, -0.1) is 4.99 Å². The van der Waals surface area contributed by atoms with Crippen LogP contribution in [0.4, 0.5) is 9.59 Å². The van der Waals surface area contributed by atoms with Crippen LogP contribution in [0.5, 0.6) is 11.5 Å². The highest BCUT2D eigenvalue weighted by Gasteiger charge is 2.62. The van der Waals surface area contributed by atoms with Gasteiger partial charge >= 0.3 is 12.2 Å². The summed E-state index contributed by atoms with van der Waals surface area (Å²) in [6, 6.07) is 27.2. The molecule has 1 aliphatic heterocycles. The lowest BCUT2D eigenvalue weighted by atomic mass is 9.78. The molecule has 9 nitrogen and oxygen atoms in total. The first-order valence-electron chi connectivity index (χ1n) is 15.2. The molecule has 0 radical (unpaired) electrons. The summed E-state index contributed by atoms with van der Waals surface area (Å²) in [6.45, 7) is 11.0. The Kier molecular flexibility index (Phi) is 11.0. The average Bonchev–Trinajstić information content (AvgIpc) is 2.99. The Bertz CT molecular complexity index is 1510. The van der Waals surface area contributed by atoms with Gasteiger partial charge in [-0.1, -0.05) is 92.0 Å². The Balaban J connectivity index is 1.48. The molecule has 0 spiro atoms. The molecule has 1 fully saturated rings. The molecule has 0 bridgehead atoms. The van der Waals surface area contributed by atoms with E-state index in [9.17, 15) is 14.4 Å². The third-order valence-corrected chi connectivity index (χ3v) is 10.8. The van der Waals surface area contributed by atoms with E-state index in [1.54, 1.807) is 60.7 Å². The fourth-order valence-corrected chi connectivity index (χ4v) is 8.00. The van der Waals surface area contributed by atoms with Gasteiger partial charge < -0.3 is 19.7 Å². The first kappa shape index (κ1) is 33.2. The molecule has 236 valence electrons. The second kappa shape index (κ2) is 14.9. The number of carbonyl (C=O) groups excluding carboxylic acids is 3. The van der Waals surface area contributed by atoms with E-state index in [0.29, 0.717) is 30.9 Å². The summed E-state index contributed by atoms with van der Waals surface area (Å²) >= 11 is 0. The third kappa shape index (κ3) is 8.48. The molecular formula is C35H42N4O5Si. The summed E-state index contributed by atoms with van der Waals surface area (Å²) in [6.07, 6.45) is 3.81. The molecule has 2 N–H and O–H groups in total. The highest BCUT2D eigenvalue weighted by Crippen LogP contribution is 2.55. The Labute approximate surface area is 266 Å². The maximum atomic E-state index is 13.9. The van der Waals surface area contributed by atoms with E-state index in [1.165, 1.54) is 0 Å². The normalized spacial score (nSPS) is 18.4. The van der Waals surface area contributed by atoms with Gasteiger partial charge in [-0.3, -0.25) is 10.1 Å². The van der Waals surface area contributed by atoms with Gasteiger partial charge in [0.25, 0.3) is 0 Å². The second-order valence-corrected chi connectivity index (χ2v) is 15.6. The lowest BCUT2D eigenvalue weighted by Gasteiger charge is -2.62. The molecule has 0 unspecified atom stereocenters. The second-order valence-electron chi connectivity index (χ2n) is 12.3. The lowest BCUT2D eigenvalue weighted by molar-refractivity contribution is -0.160. The van der Waals surface area contributed by atoms with Crippen molar-refractivity contribution >= 4 is 38.9 Å². The van der Waals surface area contributed by atoms with Crippen LogP contribution in [0.1, 0.15) is 39.2 Å². The average molecular weight is 627 g/mol. The molecule has 3 aromatic rings. The summed E-state index contributed by atoms with van der Waals surface area (Å²) in [7, 11) is -1.52. The summed E-state index contributed by atoms with van der Waals surface area (Å²) in [4.78, 5) is 45.1. The molecule has 1 saturated heterocycles. The zero-order valence-electron chi connectivity index (χ0n) is 26.5. The minimum atomic E-state index is -1.52. The van der Waals surface area contributed by atoms with Crippen molar-refractivity contribution < 1.29 is 23.9 Å². The number of para-hydroxylation sites is 2. The number of nitrogens with zero attached hydrogens (tertiary/aromatic N) is 2. The Morgan fingerprint density at radius 1 is 0.911 bits per heavy atom. The van der Waals surface area contributed by atoms with Gasteiger partial charge in [0.05, 0.1) is 19.9 Å². The molecule has 3 amide bonds. The van der Waals surface area contributed by atoms with Crippen molar-refractivity contribution in [3.63, 3.8) is 0 Å². The van der Waals surface area contributed by atoms with Gasteiger partial charge in [-0.25, -0.2) is 9.59 Å². The maximum absolute atomic E-state index is 13.9. The van der Waals surface area contributed by atoms with Crippen molar-refractivity contribution in [1.29, 1.82) is 0 Å². The van der Waals surface area contributed by atoms with E-state index in [0.717, 1.165) is 5.56 Å².